The van der Waals surface area contributed by atoms with E-state index in [0.717, 1.165) is 19.0 Å². The van der Waals surface area contributed by atoms with E-state index in [1.54, 1.807) is 0 Å². The summed E-state index contributed by atoms with van der Waals surface area (Å²) in [5.74, 6) is 0.965. The first-order chi connectivity index (χ1) is 7.74. The summed E-state index contributed by atoms with van der Waals surface area (Å²) in [4.78, 5) is 2.54. The fraction of sp³-hybridized carbons (Fsp3) is 1.00. The van der Waals surface area contributed by atoms with Gasteiger partial charge in [0.25, 0.3) is 0 Å². The Morgan fingerprint density at radius 2 is 1.94 bits per heavy atom. The zero-order valence-electron chi connectivity index (χ0n) is 11.5. The van der Waals surface area contributed by atoms with Crippen LogP contribution in [-0.2, 0) is 0 Å². The van der Waals surface area contributed by atoms with Gasteiger partial charge in [-0.3, -0.25) is 0 Å². The highest BCUT2D eigenvalue weighted by atomic mass is 15.1. The van der Waals surface area contributed by atoms with E-state index >= 15 is 0 Å². The molecule has 2 heteroatoms. The molecule has 16 heavy (non-hydrogen) atoms. The Balaban J connectivity index is 2.14. The fourth-order valence-electron chi connectivity index (χ4n) is 2.60. The molecule has 0 saturated heterocycles. The lowest BCUT2D eigenvalue weighted by Crippen LogP contribution is -2.40. The van der Waals surface area contributed by atoms with Crippen LogP contribution in [0.15, 0.2) is 0 Å². The summed E-state index contributed by atoms with van der Waals surface area (Å²) < 4.78 is 0. The number of nitrogens with zero attached hydrogens (tertiary/aromatic N) is 1. The second-order valence-corrected chi connectivity index (χ2v) is 5.50. The van der Waals surface area contributed by atoms with E-state index in [2.05, 4.69) is 31.1 Å². The second kappa shape index (κ2) is 8.08. The number of hydrogen-bond donors (Lipinski definition) is 1. The van der Waals surface area contributed by atoms with Crippen molar-refractivity contribution in [3.63, 3.8) is 0 Å². The first kappa shape index (κ1) is 14.0. The third-order valence-corrected chi connectivity index (χ3v) is 3.89. The van der Waals surface area contributed by atoms with Crippen molar-refractivity contribution in [2.45, 2.75) is 58.4 Å². The Morgan fingerprint density at radius 1 is 1.25 bits per heavy atom. The van der Waals surface area contributed by atoms with Crippen LogP contribution in [-0.4, -0.2) is 37.6 Å². The van der Waals surface area contributed by atoms with Crippen molar-refractivity contribution in [2.24, 2.45) is 5.92 Å². The molecule has 1 unspecified atom stereocenters. The Kier molecular flexibility index (Phi) is 7.06. The van der Waals surface area contributed by atoms with Crippen LogP contribution in [0, 0.1) is 5.92 Å². The smallest absolute Gasteiger partial charge is 0.0189 e. The summed E-state index contributed by atoms with van der Waals surface area (Å²) in [6.45, 7) is 8.16. The van der Waals surface area contributed by atoms with Crippen molar-refractivity contribution in [2.75, 3.05) is 26.7 Å². The molecule has 1 aliphatic rings. The van der Waals surface area contributed by atoms with Crippen molar-refractivity contribution in [1.82, 2.24) is 10.2 Å². The summed E-state index contributed by atoms with van der Waals surface area (Å²) in [5.41, 5.74) is 0. The molecule has 1 fully saturated rings. The minimum absolute atomic E-state index is 0.675. The van der Waals surface area contributed by atoms with Gasteiger partial charge in [0.1, 0.15) is 0 Å². The van der Waals surface area contributed by atoms with Crippen LogP contribution in [0.25, 0.3) is 0 Å². The van der Waals surface area contributed by atoms with Gasteiger partial charge in [0.2, 0.25) is 0 Å². The Bertz CT molecular complexity index is 164. The predicted octanol–water partition coefficient (Wildman–Crippen LogP) is 2.89. The van der Waals surface area contributed by atoms with Crippen LogP contribution in [0.1, 0.15) is 52.4 Å². The zero-order valence-corrected chi connectivity index (χ0v) is 11.5. The van der Waals surface area contributed by atoms with Crippen LogP contribution in [0.2, 0.25) is 0 Å². The van der Waals surface area contributed by atoms with Crippen molar-refractivity contribution >= 4 is 0 Å². The maximum atomic E-state index is 3.51. The van der Waals surface area contributed by atoms with E-state index in [1.165, 1.54) is 45.1 Å². The molecule has 0 spiro atoms. The van der Waals surface area contributed by atoms with Gasteiger partial charge < -0.3 is 10.2 Å². The van der Waals surface area contributed by atoms with Gasteiger partial charge in [-0.15, -0.1) is 0 Å². The van der Waals surface area contributed by atoms with Gasteiger partial charge in [0.05, 0.1) is 0 Å². The molecular formula is C14H30N2. The van der Waals surface area contributed by atoms with Crippen molar-refractivity contribution in [1.29, 1.82) is 0 Å². The first-order valence-corrected chi connectivity index (χ1v) is 7.15. The molecule has 1 aliphatic carbocycles. The molecule has 0 radical (unpaired) electrons. The highest BCUT2D eigenvalue weighted by Gasteiger charge is 2.17. The van der Waals surface area contributed by atoms with Crippen LogP contribution in [0.4, 0.5) is 0 Å². The molecule has 0 heterocycles. The minimum atomic E-state index is 0.675. The molecule has 0 amide bonds. The number of nitrogens with one attached hydrogen (secondary N) is 1. The molecule has 0 bridgehead atoms. The van der Waals surface area contributed by atoms with E-state index in [4.69, 9.17) is 0 Å². The average Bonchev–Trinajstić information content (AvgIpc) is 2.30. The van der Waals surface area contributed by atoms with Gasteiger partial charge in [-0.05, 0) is 45.7 Å². The van der Waals surface area contributed by atoms with Crippen LogP contribution in [0.3, 0.4) is 0 Å². The average molecular weight is 226 g/mol. The molecule has 1 rings (SSSR count). The Hall–Kier alpha value is -0.0800. The molecule has 1 saturated carbocycles. The van der Waals surface area contributed by atoms with E-state index < -0.39 is 0 Å². The molecule has 96 valence electrons. The van der Waals surface area contributed by atoms with Gasteiger partial charge in [-0.1, -0.05) is 26.2 Å². The number of likely N-dealkylation sites (N-methyl/N-ethyl adjacent to an activating group) is 1. The van der Waals surface area contributed by atoms with Gasteiger partial charge >= 0.3 is 0 Å². The summed E-state index contributed by atoms with van der Waals surface area (Å²) in [7, 11) is 2.28. The highest BCUT2D eigenvalue weighted by Crippen LogP contribution is 2.24. The SMILES string of the molecule is CCCNCC(C)N(C)CC1CCCCC1. The van der Waals surface area contributed by atoms with E-state index in [-0.39, 0.29) is 0 Å². The van der Waals surface area contributed by atoms with Gasteiger partial charge in [-0.25, -0.2) is 0 Å². The monoisotopic (exact) mass is 226 g/mol. The highest BCUT2D eigenvalue weighted by molar-refractivity contribution is 4.73. The van der Waals surface area contributed by atoms with E-state index in [9.17, 15) is 0 Å². The van der Waals surface area contributed by atoms with Crippen molar-refractivity contribution in [3.8, 4) is 0 Å². The van der Waals surface area contributed by atoms with E-state index in [0.29, 0.717) is 6.04 Å². The summed E-state index contributed by atoms with van der Waals surface area (Å²) in [5, 5.41) is 3.51. The molecule has 0 aromatic heterocycles. The second-order valence-electron chi connectivity index (χ2n) is 5.50. The summed E-state index contributed by atoms with van der Waals surface area (Å²) in [6, 6.07) is 0.675. The lowest BCUT2D eigenvalue weighted by molar-refractivity contribution is 0.188. The lowest BCUT2D eigenvalue weighted by Gasteiger charge is -2.31. The third kappa shape index (κ3) is 5.31. The molecule has 0 aromatic rings. The fourth-order valence-corrected chi connectivity index (χ4v) is 2.60. The Morgan fingerprint density at radius 3 is 2.56 bits per heavy atom. The van der Waals surface area contributed by atoms with Gasteiger partial charge in [0.15, 0.2) is 0 Å². The van der Waals surface area contributed by atoms with Crippen molar-refractivity contribution in [3.05, 3.63) is 0 Å². The predicted molar refractivity (Wildman–Crippen MR) is 71.8 cm³/mol. The topological polar surface area (TPSA) is 15.3 Å². The zero-order chi connectivity index (χ0) is 11.8. The van der Waals surface area contributed by atoms with Crippen LogP contribution < -0.4 is 5.32 Å². The van der Waals surface area contributed by atoms with Crippen molar-refractivity contribution < 1.29 is 0 Å². The Labute approximate surface area is 102 Å². The lowest BCUT2D eigenvalue weighted by atomic mass is 9.89. The third-order valence-electron chi connectivity index (χ3n) is 3.89. The largest absolute Gasteiger partial charge is 0.315 e. The molecule has 2 nitrogen and oxygen atoms in total. The molecule has 1 atom stereocenters. The quantitative estimate of drug-likeness (QED) is 0.672. The summed E-state index contributed by atoms with van der Waals surface area (Å²) >= 11 is 0. The normalized spacial score (nSPS) is 20.2. The van der Waals surface area contributed by atoms with Crippen LogP contribution >= 0.6 is 0 Å². The maximum Gasteiger partial charge on any atom is 0.0189 e. The molecule has 0 aromatic carbocycles. The number of rotatable bonds is 7. The maximum absolute atomic E-state index is 3.51. The number of hydrogen-bond acceptors (Lipinski definition) is 2. The molecule has 1 N–H and O–H groups in total. The first-order valence-electron chi connectivity index (χ1n) is 7.15. The molecular weight excluding hydrogens is 196 g/mol. The van der Waals surface area contributed by atoms with E-state index in [1.807, 2.05) is 0 Å². The van der Waals surface area contributed by atoms with Gasteiger partial charge in [0, 0.05) is 19.1 Å². The molecule has 0 aliphatic heterocycles. The minimum Gasteiger partial charge on any atom is -0.315 e. The van der Waals surface area contributed by atoms with Crippen LogP contribution in [0.5, 0.6) is 0 Å². The summed E-state index contributed by atoms with van der Waals surface area (Å²) in [6.07, 6.45) is 8.54. The standard InChI is InChI=1S/C14H30N2/c1-4-10-15-11-13(2)16(3)12-14-8-6-5-7-9-14/h13-15H,4-12H2,1-3H3. The van der Waals surface area contributed by atoms with Gasteiger partial charge in [-0.2, -0.15) is 0 Å².